The number of benzene rings is 2. The summed E-state index contributed by atoms with van der Waals surface area (Å²) in [5.41, 5.74) is 0.392. The van der Waals surface area contributed by atoms with Crippen LogP contribution in [0.5, 0.6) is 11.5 Å². The maximum Gasteiger partial charge on any atom is 0.260 e. The third kappa shape index (κ3) is 4.54. The number of carbonyl (C=O) groups excluding carboxylic acids is 2. The molecule has 0 saturated carbocycles. The van der Waals surface area contributed by atoms with E-state index in [1.807, 2.05) is 24.3 Å². The minimum atomic E-state index is -0.860. The van der Waals surface area contributed by atoms with E-state index >= 15 is 0 Å². The summed E-state index contributed by atoms with van der Waals surface area (Å²) in [6.45, 7) is 0.355. The Hall–Kier alpha value is -3.16. The molecule has 2 aromatic carbocycles. The highest BCUT2D eigenvalue weighted by Crippen LogP contribution is 2.41. The highest BCUT2D eigenvalue weighted by Gasteiger charge is 2.49. The van der Waals surface area contributed by atoms with Gasteiger partial charge in [0.2, 0.25) is 5.91 Å². The van der Waals surface area contributed by atoms with Gasteiger partial charge >= 0.3 is 0 Å². The van der Waals surface area contributed by atoms with Gasteiger partial charge in [0.05, 0.1) is 12.6 Å². The van der Waals surface area contributed by atoms with Crippen LogP contribution in [0.15, 0.2) is 42.5 Å². The van der Waals surface area contributed by atoms with Crippen molar-refractivity contribution in [3.63, 3.8) is 0 Å². The fourth-order valence-electron chi connectivity index (χ4n) is 4.71. The number of halogens is 2. The first-order valence-corrected chi connectivity index (χ1v) is 10.7. The number of likely N-dealkylation sites (tertiary alicyclic amines) is 1. The monoisotopic (exact) mass is 444 g/mol. The van der Waals surface area contributed by atoms with Gasteiger partial charge in [-0.25, -0.2) is 8.78 Å². The highest BCUT2D eigenvalue weighted by molar-refractivity contribution is 5.80. The Kier molecular flexibility index (Phi) is 6.30. The zero-order valence-electron chi connectivity index (χ0n) is 17.9. The van der Waals surface area contributed by atoms with Gasteiger partial charge in [-0.3, -0.25) is 9.59 Å². The minimum Gasteiger partial charge on any atom is -0.497 e. The van der Waals surface area contributed by atoms with Crippen molar-refractivity contribution in [3.8, 4) is 11.5 Å². The molecular weight excluding hydrogens is 418 g/mol. The molecule has 2 heterocycles. The number of ether oxygens (including phenoxy) is 2. The van der Waals surface area contributed by atoms with E-state index in [2.05, 4.69) is 5.32 Å². The topological polar surface area (TPSA) is 67.9 Å². The Labute approximate surface area is 185 Å². The van der Waals surface area contributed by atoms with Crippen LogP contribution in [0.1, 0.15) is 37.2 Å². The van der Waals surface area contributed by atoms with Crippen LogP contribution in [0.4, 0.5) is 8.78 Å². The largest absolute Gasteiger partial charge is 0.497 e. The molecule has 2 aliphatic heterocycles. The van der Waals surface area contributed by atoms with Crippen LogP contribution in [0.3, 0.4) is 0 Å². The molecule has 0 bridgehead atoms. The lowest BCUT2D eigenvalue weighted by molar-refractivity contribution is -0.133. The first-order chi connectivity index (χ1) is 15.4. The average Bonchev–Trinajstić information content (AvgIpc) is 3.04. The van der Waals surface area contributed by atoms with Crippen molar-refractivity contribution in [1.29, 1.82) is 0 Å². The lowest BCUT2D eigenvalue weighted by Crippen LogP contribution is -2.53. The van der Waals surface area contributed by atoms with Crippen molar-refractivity contribution < 1.29 is 27.8 Å². The molecule has 1 N–H and O–H groups in total. The van der Waals surface area contributed by atoms with Crippen LogP contribution >= 0.6 is 0 Å². The molecule has 0 unspecified atom stereocenters. The summed E-state index contributed by atoms with van der Waals surface area (Å²) in [6, 6.07) is 10.6. The highest BCUT2D eigenvalue weighted by atomic mass is 19.1. The predicted octanol–water partition coefficient (Wildman–Crippen LogP) is 3.41. The second-order valence-corrected chi connectivity index (χ2v) is 8.38. The summed E-state index contributed by atoms with van der Waals surface area (Å²) < 4.78 is 37.7. The quantitative estimate of drug-likeness (QED) is 0.768. The average molecular weight is 444 g/mol. The SMILES string of the molecule is COc1cccc([C@@H]2CN(C(=O)COc3ccc(F)cc3F)C[C@]23CCCCC(=O)N3)c1. The normalized spacial score (nSPS) is 23.0. The third-order valence-electron chi connectivity index (χ3n) is 6.30. The molecule has 2 aromatic rings. The van der Waals surface area contributed by atoms with Crippen molar-refractivity contribution in [3.05, 3.63) is 59.7 Å². The van der Waals surface area contributed by atoms with E-state index in [1.165, 1.54) is 0 Å². The fourth-order valence-corrected chi connectivity index (χ4v) is 4.71. The maximum atomic E-state index is 13.9. The molecule has 0 aromatic heterocycles. The number of nitrogens with zero attached hydrogens (tertiary/aromatic N) is 1. The van der Waals surface area contributed by atoms with E-state index in [-0.39, 0.29) is 30.1 Å². The number of rotatable bonds is 5. The Bertz CT molecular complexity index is 1020. The van der Waals surface area contributed by atoms with Gasteiger partial charge in [-0.05, 0) is 42.7 Å². The van der Waals surface area contributed by atoms with Gasteiger partial charge in [0, 0.05) is 31.5 Å². The summed E-state index contributed by atoms with van der Waals surface area (Å²) in [6.07, 6.45) is 2.89. The van der Waals surface area contributed by atoms with Crippen LogP contribution in [0, 0.1) is 11.6 Å². The van der Waals surface area contributed by atoms with Gasteiger partial charge in [0.25, 0.3) is 5.91 Å². The zero-order valence-corrected chi connectivity index (χ0v) is 17.9. The van der Waals surface area contributed by atoms with Gasteiger partial charge in [-0.1, -0.05) is 18.6 Å². The molecule has 2 amide bonds. The minimum absolute atomic E-state index is 0.0191. The van der Waals surface area contributed by atoms with Gasteiger partial charge in [0.1, 0.15) is 11.6 Å². The van der Waals surface area contributed by atoms with Crippen LogP contribution in [0.2, 0.25) is 0 Å². The fraction of sp³-hybridized carbons (Fsp3) is 0.417. The third-order valence-corrected chi connectivity index (χ3v) is 6.30. The summed E-state index contributed by atoms with van der Waals surface area (Å²) in [7, 11) is 1.60. The number of carbonyl (C=O) groups is 2. The molecular formula is C24H26F2N2O4. The van der Waals surface area contributed by atoms with Crippen LogP contribution in [-0.4, -0.2) is 49.1 Å². The van der Waals surface area contributed by atoms with Gasteiger partial charge in [-0.2, -0.15) is 0 Å². The van der Waals surface area contributed by atoms with E-state index in [1.54, 1.807) is 12.0 Å². The summed E-state index contributed by atoms with van der Waals surface area (Å²) in [5, 5.41) is 3.20. The van der Waals surface area contributed by atoms with Crippen LogP contribution in [-0.2, 0) is 9.59 Å². The molecule has 6 nitrogen and oxygen atoms in total. The van der Waals surface area contributed by atoms with Crippen LogP contribution in [0.25, 0.3) is 0 Å². The zero-order chi connectivity index (χ0) is 22.7. The summed E-state index contributed by atoms with van der Waals surface area (Å²) >= 11 is 0. The lowest BCUT2D eigenvalue weighted by Gasteiger charge is -2.34. The van der Waals surface area contributed by atoms with Crippen molar-refractivity contribution >= 4 is 11.8 Å². The van der Waals surface area contributed by atoms with Gasteiger partial charge in [-0.15, -0.1) is 0 Å². The van der Waals surface area contributed by atoms with E-state index in [0.29, 0.717) is 31.3 Å². The Morgan fingerprint density at radius 3 is 2.84 bits per heavy atom. The van der Waals surface area contributed by atoms with Crippen molar-refractivity contribution in [2.75, 3.05) is 26.8 Å². The van der Waals surface area contributed by atoms with Gasteiger partial charge in [0.15, 0.2) is 18.2 Å². The summed E-state index contributed by atoms with van der Waals surface area (Å²) in [4.78, 5) is 27.1. The lowest BCUT2D eigenvalue weighted by atomic mass is 9.79. The molecule has 2 fully saturated rings. The second-order valence-electron chi connectivity index (χ2n) is 8.38. The Balaban J connectivity index is 1.56. The number of hydrogen-bond acceptors (Lipinski definition) is 4. The molecule has 8 heteroatoms. The van der Waals surface area contributed by atoms with E-state index in [0.717, 1.165) is 37.0 Å². The predicted molar refractivity (Wildman–Crippen MR) is 114 cm³/mol. The smallest absolute Gasteiger partial charge is 0.260 e. The van der Waals surface area contributed by atoms with E-state index in [4.69, 9.17) is 9.47 Å². The molecule has 2 saturated heterocycles. The van der Waals surface area contributed by atoms with E-state index < -0.39 is 17.2 Å². The maximum absolute atomic E-state index is 13.9. The molecule has 1 spiro atoms. The van der Waals surface area contributed by atoms with Crippen molar-refractivity contribution in [2.24, 2.45) is 0 Å². The Morgan fingerprint density at radius 1 is 1.22 bits per heavy atom. The standard InChI is InChI=1S/C24H26F2N2O4/c1-31-18-6-4-5-16(11-18)19-13-28(15-24(19)10-3-2-7-22(29)27-24)23(30)14-32-21-9-8-17(25)12-20(21)26/h4-6,8-9,11-12,19H,2-3,7,10,13-15H2,1H3,(H,27,29)/t19-,24+/m0/s1. The number of nitrogens with one attached hydrogen (secondary N) is 1. The van der Waals surface area contributed by atoms with Crippen molar-refractivity contribution in [2.45, 2.75) is 37.1 Å². The molecule has 2 atom stereocenters. The van der Waals surface area contributed by atoms with Crippen molar-refractivity contribution in [1.82, 2.24) is 10.2 Å². The summed E-state index contributed by atoms with van der Waals surface area (Å²) in [5.74, 6) is -1.51. The van der Waals surface area contributed by atoms with Crippen LogP contribution < -0.4 is 14.8 Å². The molecule has 170 valence electrons. The molecule has 0 aliphatic carbocycles. The second kappa shape index (κ2) is 9.14. The Morgan fingerprint density at radius 2 is 2.06 bits per heavy atom. The molecule has 32 heavy (non-hydrogen) atoms. The van der Waals surface area contributed by atoms with Gasteiger partial charge < -0.3 is 19.7 Å². The number of methoxy groups -OCH3 is 1. The number of amides is 2. The first-order valence-electron chi connectivity index (χ1n) is 10.7. The first kappa shape index (κ1) is 22.0. The van der Waals surface area contributed by atoms with E-state index in [9.17, 15) is 18.4 Å². The number of hydrogen-bond donors (Lipinski definition) is 1. The molecule has 2 aliphatic rings. The molecule has 4 rings (SSSR count). The molecule has 0 radical (unpaired) electrons.